The summed E-state index contributed by atoms with van der Waals surface area (Å²) in [6, 6.07) is 16.9. The molecule has 11 nitrogen and oxygen atoms in total. The van der Waals surface area contributed by atoms with E-state index in [1.165, 1.54) is 25.6 Å². The molecule has 1 aromatic heterocycles. The second-order valence-corrected chi connectivity index (χ2v) is 10.1. The Morgan fingerprint density at radius 1 is 1.12 bits per heavy atom. The third kappa shape index (κ3) is 6.37. The normalized spacial score (nSPS) is 17.1. The van der Waals surface area contributed by atoms with Gasteiger partial charge >= 0.3 is 0 Å². The maximum Gasteiger partial charge on any atom is 0.246 e. The van der Waals surface area contributed by atoms with Crippen LogP contribution in [0.15, 0.2) is 78.4 Å². The molecule has 3 N–H and O–H groups in total. The monoisotopic (exact) mass is 542 g/mol. The summed E-state index contributed by atoms with van der Waals surface area (Å²) < 4.78 is 5.84. The lowest BCUT2D eigenvalue weighted by Crippen LogP contribution is -2.37. The fourth-order valence-corrected chi connectivity index (χ4v) is 4.88. The first kappa shape index (κ1) is 27.1. The molecule has 2 heterocycles. The van der Waals surface area contributed by atoms with Gasteiger partial charge in [-0.3, -0.25) is 9.69 Å². The molecule has 1 amide bonds. The number of nitrogen functional groups attached to an aromatic ring is 1. The standard InChI is InChI=1S/C29H34N8O3/c1-35(22-7-5-8-22)17-6-11-26(38)36-18-16-21(19-36)33-29-27(28(30)31-20-32-29)37(34-39)23-12-14-25(15-13-23)40-24-9-3-2-4-10-24/h2-4,6,9-15,20-22H,5,7-8,16-19H2,1H3,(H3,30,31,32,33)/b11-6+/t21-/m1/s1. The third-order valence-corrected chi connectivity index (χ3v) is 7.40. The van der Waals surface area contributed by atoms with Crippen LogP contribution in [0.25, 0.3) is 0 Å². The van der Waals surface area contributed by atoms with Crippen LogP contribution in [0.1, 0.15) is 25.7 Å². The number of aromatic nitrogens is 2. The van der Waals surface area contributed by atoms with Gasteiger partial charge in [-0.05, 0) is 62.7 Å². The molecule has 1 aliphatic heterocycles. The van der Waals surface area contributed by atoms with E-state index in [1.54, 1.807) is 30.3 Å². The summed E-state index contributed by atoms with van der Waals surface area (Å²) in [6.07, 6.45) is 9.42. The van der Waals surface area contributed by atoms with Crippen molar-refractivity contribution in [2.75, 3.05) is 42.7 Å². The Morgan fingerprint density at radius 2 is 1.88 bits per heavy atom. The van der Waals surface area contributed by atoms with E-state index in [4.69, 9.17) is 10.5 Å². The number of nitroso groups, excluding NO2 is 1. The number of ether oxygens (including phenoxy) is 1. The van der Waals surface area contributed by atoms with Crippen molar-refractivity contribution in [3.05, 3.63) is 78.0 Å². The summed E-state index contributed by atoms with van der Waals surface area (Å²) in [5.41, 5.74) is 6.92. The Balaban J connectivity index is 1.23. The van der Waals surface area contributed by atoms with Gasteiger partial charge < -0.3 is 20.7 Å². The lowest BCUT2D eigenvalue weighted by atomic mass is 9.92. The van der Waals surface area contributed by atoms with Crippen molar-refractivity contribution in [1.82, 2.24) is 19.8 Å². The van der Waals surface area contributed by atoms with E-state index in [9.17, 15) is 9.70 Å². The molecule has 3 aromatic rings. The third-order valence-electron chi connectivity index (χ3n) is 7.40. The molecule has 40 heavy (non-hydrogen) atoms. The molecule has 2 aromatic carbocycles. The lowest BCUT2D eigenvalue weighted by molar-refractivity contribution is -0.125. The Morgan fingerprint density at radius 3 is 2.58 bits per heavy atom. The van der Waals surface area contributed by atoms with Crippen molar-refractivity contribution >= 4 is 28.9 Å². The topological polar surface area (TPSA) is 129 Å². The number of hydrogen-bond donors (Lipinski definition) is 2. The van der Waals surface area contributed by atoms with Crippen molar-refractivity contribution < 1.29 is 9.53 Å². The molecular formula is C29H34N8O3. The highest BCUT2D eigenvalue weighted by Gasteiger charge is 2.28. The number of benzene rings is 2. The summed E-state index contributed by atoms with van der Waals surface area (Å²) in [6.45, 7) is 1.89. The van der Waals surface area contributed by atoms with Gasteiger partial charge in [0.1, 0.15) is 17.8 Å². The van der Waals surface area contributed by atoms with E-state index in [0.29, 0.717) is 42.1 Å². The molecule has 2 aliphatic rings. The summed E-state index contributed by atoms with van der Waals surface area (Å²) in [5, 5.41) is 7.72. The number of nitrogens with zero attached hydrogens (tertiary/aromatic N) is 6. The van der Waals surface area contributed by atoms with Crippen LogP contribution in [0.3, 0.4) is 0 Å². The number of rotatable bonds is 11. The van der Waals surface area contributed by atoms with E-state index in [1.807, 2.05) is 41.3 Å². The van der Waals surface area contributed by atoms with E-state index < -0.39 is 0 Å². The van der Waals surface area contributed by atoms with Crippen molar-refractivity contribution in [3.8, 4) is 11.5 Å². The van der Waals surface area contributed by atoms with E-state index in [0.717, 1.165) is 18.0 Å². The quantitative estimate of drug-likeness (QED) is 0.201. The number of nitrogens with one attached hydrogen (secondary N) is 1. The number of hydrogen-bond acceptors (Lipinski definition) is 9. The number of para-hydroxylation sites is 1. The van der Waals surface area contributed by atoms with Gasteiger partial charge in [0.2, 0.25) is 5.91 Å². The minimum absolute atomic E-state index is 0.0114. The van der Waals surface area contributed by atoms with Crippen LogP contribution in [0, 0.1) is 4.91 Å². The molecule has 0 bridgehead atoms. The zero-order chi connectivity index (χ0) is 27.9. The maximum atomic E-state index is 12.8. The average molecular weight is 543 g/mol. The number of carbonyl (C=O) groups is 1. The first-order valence-electron chi connectivity index (χ1n) is 13.5. The van der Waals surface area contributed by atoms with Gasteiger partial charge in [0, 0.05) is 37.8 Å². The second-order valence-electron chi connectivity index (χ2n) is 10.1. The molecule has 5 rings (SSSR count). The summed E-state index contributed by atoms with van der Waals surface area (Å²) in [4.78, 5) is 37.3. The fourth-order valence-electron chi connectivity index (χ4n) is 4.88. The molecule has 1 aliphatic carbocycles. The Labute approximate surface area is 233 Å². The van der Waals surface area contributed by atoms with E-state index >= 15 is 0 Å². The van der Waals surface area contributed by atoms with E-state index in [-0.39, 0.29) is 23.5 Å². The van der Waals surface area contributed by atoms with Crippen LogP contribution in [-0.4, -0.2) is 64.4 Å². The van der Waals surface area contributed by atoms with Gasteiger partial charge in [0.25, 0.3) is 0 Å². The molecule has 0 spiro atoms. The zero-order valence-electron chi connectivity index (χ0n) is 22.5. The van der Waals surface area contributed by atoms with Crippen LogP contribution in [-0.2, 0) is 4.79 Å². The van der Waals surface area contributed by atoms with Crippen molar-refractivity contribution in [3.63, 3.8) is 0 Å². The molecule has 2 fully saturated rings. The Bertz CT molecular complexity index is 1330. The van der Waals surface area contributed by atoms with E-state index in [2.05, 4.69) is 32.5 Å². The maximum absolute atomic E-state index is 12.8. The molecular weight excluding hydrogens is 508 g/mol. The van der Waals surface area contributed by atoms with Gasteiger partial charge in [-0.25, -0.2) is 9.97 Å². The number of anilines is 4. The zero-order valence-corrected chi connectivity index (χ0v) is 22.5. The molecule has 1 atom stereocenters. The first-order valence-corrected chi connectivity index (χ1v) is 13.5. The molecule has 208 valence electrons. The van der Waals surface area contributed by atoms with Crippen molar-refractivity contribution in [2.45, 2.75) is 37.8 Å². The number of carbonyl (C=O) groups excluding carboxylic acids is 1. The molecule has 1 saturated heterocycles. The molecule has 1 saturated carbocycles. The van der Waals surface area contributed by atoms with Crippen LogP contribution in [0.5, 0.6) is 11.5 Å². The van der Waals surface area contributed by atoms with Gasteiger partial charge in [0.05, 0.1) is 11.0 Å². The Kier molecular flexibility index (Phi) is 8.50. The number of likely N-dealkylation sites (N-methyl/N-ethyl adjacent to an activating group) is 1. The van der Waals surface area contributed by atoms with Crippen molar-refractivity contribution in [1.29, 1.82) is 0 Å². The van der Waals surface area contributed by atoms with Gasteiger partial charge in [0.15, 0.2) is 17.3 Å². The van der Waals surface area contributed by atoms with Crippen LogP contribution < -0.4 is 20.8 Å². The first-order chi connectivity index (χ1) is 19.5. The van der Waals surface area contributed by atoms with Gasteiger partial charge in [-0.15, -0.1) is 4.91 Å². The van der Waals surface area contributed by atoms with Crippen LogP contribution >= 0.6 is 0 Å². The number of likely N-dealkylation sites (tertiary alicyclic amines) is 1. The van der Waals surface area contributed by atoms with Crippen LogP contribution in [0.2, 0.25) is 0 Å². The lowest BCUT2D eigenvalue weighted by Gasteiger charge is -2.33. The minimum Gasteiger partial charge on any atom is -0.457 e. The molecule has 0 unspecified atom stereocenters. The summed E-state index contributed by atoms with van der Waals surface area (Å²) >= 11 is 0. The largest absolute Gasteiger partial charge is 0.457 e. The second kappa shape index (κ2) is 12.6. The molecule has 0 radical (unpaired) electrons. The Hall–Kier alpha value is -4.51. The highest BCUT2D eigenvalue weighted by atomic mass is 16.5. The molecule has 11 heteroatoms. The van der Waals surface area contributed by atoms with Gasteiger partial charge in [-0.1, -0.05) is 30.7 Å². The highest BCUT2D eigenvalue weighted by molar-refractivity contribution is 5.88. The minimum atomic E-state index is -0.0711. The fraction of sp³-hybridized carbons (Fsp3) is 0.345. The summed E-state index contributed by atoms with van der Waals surface area (Å²) in [7, 11) is 2.10. The average Bonchev–Trinajstić information content (AvgIpc) is 3.40. The SMILES string of the molecule is CN(C/C=C/C(=O)N1CC[C@@H](Nc2ncnc(N)c2N(N=O)c2ccc(Oc3ccccc3)cc2)C1)C1CCC1. The highest BCUT2D eigenvalue weighted by Crippen LogP contribution is 2.37. The summed E-state index contributed by atoms with van der Waals surface area (Å²) in [5.74, 6) is 1.77. The number of amides is 1. The van der Waals surface area contributed by atoms with Crippen molar-refractivity contribution in [2.24, 2.45) is 5.29 Å². The van der Waals surface area contributed by atoms with Crippen LogP contribution in [0.4, 0.5) is 23.0 Å². The predicted molar refractivity (Wildman–Crippen MR) is 155 cm³/mol. The number of nitrogens with two attached hydrogens (primary N) is 1. The van der Waals surface area contributed by atoms with Gasteiger partial charge in [-0.2, -0.15) is 5.01 Å². The predicted octanol–water partition coefficient (Wildman–Crippen LogP) is 4.72. The smallest absolute Gasteiger partial charge is 0.246 e.